The monoisotopic (exact) mass is 368 g/mol. The molecule has 0 spiro atoms. The molecule has 1 aromatic heterocycles. The molecule has 0 bridgehead atoms. The molecule has 24 heavy (non-hydrogen) atoms. The van der Waals surface area contributed by atoms with Crippen LogP contribution in [-0.4, -0.2) is 58.7 Å². The van der Waals surface area contributed by atoms with Gasteiger partial charge in [-0.15, -0.1) is 10.2 Å². The quantitative estimate of drug-likeness (QED) is 0.821. The van der Waals surface area contributed by atoms with Gasteiger partial charge in [-0.1, -0.05) is 32.1 Å². The summed E-state index contributed by atoms with van der Waals surface area (Å²) in [5.74, 6) is 3.08. The van der Waals surface area contributed by atoms with Crippen LogP contribution in [0.4, 0.5) is 5.13 Å². The maximum absolute atomic E-state index is 12.4. The van der Waals surface area contributed by atoms with Gasteiger partial charge in [0.15, 0.2) is 0 Å². The molecule has 2 aliphatic rings. The highest BCUT2D eigenvalue weighted by Gasteiger charge is 2.27. The van der Waals surface area contributed by atoms with Crippen molar-refractivity contribution in [1.82, 2.24) is 15.1 Å². The van der Waals surface area contributed by atoms with E-state index >= 15 is 0 Å². The van der Waals surface area contributed by atoms with Gasteiger partial charge < -0.3 is 9.80 Å². The highest BCUT2D eigenvalue weighted by molar-refractivity contribution is 7.99. The van der Waals surface area contributed by atoms with E-state index in [0.29, 0.717) is 11.8 Å². The largest absolute Gasteiger partial charge is 0.347 e. The number of carbonyl (C=O) groups is 1. The Morgan fingerprint density at radius 3 is 2.38 bits per heavy atom. The molecule has 2 fully saturated rings. The minimum absolute atomic E-state index is 0.0629. The van der Waals surface area contributed by atoms with Crippen LogP contribution in [0.1, 0.15) is 45.0 Å². The molecule has 1 amide bonds. The van der Waals surface area contributed by atoms with Gasteiger partial charge in [0.25, 0.3) is 0 Å². The predicted octanol–water partition coefficient (Wildman–Crippen LogP) is 3.02. The van der Waals surface area contributed by atoms with E-state index in [9.17, 15) is 4.79 Å². The number of nitrogens with zero attached hydrogens (tertiary/aromatic N) is 4. The zero-order chi connectivity index (χ0) is 17.2. The summed E-state index contributed by atoms with van der Waals surface area (Å²) < 4.78 is 0. The van der Waals surface area contributed by atoms with E-state index in [2.05, 4.69) is 40.8 Å². The average Bonchev–Trinajstić information content (AvgIpc) is 3.07. The second-order valence-electron chi connectivity index (χ2n) is 7.77. The Bertz CT molecular complexity index is 555. The Balaban J connectivity index is 1.48. The molecule has 5 nitrogen and oxygen atoms in total. The van der Waals surface area contributed by atoms with Crippen LogP contribution < -0.4 is 4.90 Å². The molecule has 2 aliphatic heterocycles. The molecule has 134 valence electrons. The van der Waals surface area contributed by atoms with Crippen molar-refractivity contribution in [2.45, 2.75) is 45.4 Å². The van der Waals surface area contributed by atoms with Crippen LogP contribution in [0.15, 0.2) is 0 Å². The first kappa shape index (κ1) is 18.0. The van der Waals surface area contributed by atoms with E-state index in [0.717, 1.165) is 67.1 Å². The number of anilines is 1. The van der Waals surface area contributed by atoms with Gasteiger partial charge in [-0.3, -0.25) is 4.79 Å². The molecular weight excluding hydrogens is 340 g/mol. The van der Waals surface area contributed by atoms with Crippen LogP contribution in [0.5, 0.6) is 0 Å². The summed E-state index contributed by atoms with van der Waals surface area (Å²) in [5, 5.41) is 10.9. The van der Waals surface area contributed by atoms with Gasteiger partial charge in [0.05, 0.1) is 0 Å². The lowest BCUT2D eigenvalue weighted by Gasteiger charge is -2.33. The minimum Gasteiger partial charge on any atom is -0.347 e. The number of amides is 1. The maximum Gasteiger partial charge on any atom is 0.222 e. The van der Waals surface area contributed by atoms with E-state index in [1.807, 2.05) is 11.8 Å². The molecular formula is C17H28N4OS2. The second-order valence-corrected chi connectivity index (χ2v) is 9.95. The van der Waals surface area contributed by atoms with E-state index in [1.165, 1.54) is 0 Å². The van der Waals surface area contributed by atoms with Crippen molar-refractivity contribution in [2.75, 3.05) is 42.6 Å². The molecule has 0 radical (unpaired) electrons. The summed E-state index contributed by atoms with van der Waals surface area (Å²) in [6, 6.07) is 0. The first-order valence-corrected chi connectivity index (χ1v) is 10.8. The molecule has 7 heteroatoms. The maximum atomic E-state index is 12.4. The van der Waals surface area contributed by atoms with Crippen molar-refractivity contribution in [2.24, 2.45) is 5.92 Å². The standard InChI is InChI=1S/C17H28N4OS2/c1-17(2,3)15-18-19-16(24-15)21-6-4-13(5-7-21)12-14(22)20-8-10-23-11-9-20/h13H,4-12H2,1-3H3. The molecule has 0 aromatic carbocycles. The van der Waals surface area contributed by atoms with Gasteiger partial charge in [0, 0.05) is 49.5 Å². The van der Waals surface area contributed by atoms with Gasteiger partial charge in [-0.25, -0.2) is 0 Å². The van der Waals surface area contributed by atoms with Crippen LogP contribution in [0.3, 0.4) is 0 Å². The van der Waals surface area contributed by atoms with Crippen LogP contribution in [0, 0.1) is 5.92 Å². The third-order valence-corrected chi connectivity index (χ3v) is 7.12. The van der Waals surface area contributed by atoms with E-state index in [-0.39, 0.29) is 5.41 Å². The fourth-order valence-electron chi connectivity index (χ4n) is 3.16. The first-order chi connectivity index (χ1) is 11.4. The van der Waals surface area contributed by atoms with Crippen molar-refractivity contribution >= 4 is 34.1 Å². The van der Waals surface area contributed by atoms with Crippen molar-refractivity contribution in [3.63, 3.8) is 0 Å². The summed E-state index contributed by atoms with van der Waals surface area (Å²) in [4.78, 5) is 16.8. The molecule has 3 rings (SSSR count). The summed E-state index contributed by atoms with van der Waals surface area (Å²) in [6.07, 6.45) is 2.89. The van der Waals surface area contributed by atoms with Crippen molar-refractivity contribution in [3.05, 3.63) is 5.01 Å². The molecule has 3 heterocycles. The molecule has 0 unspecified atom stereocenters. The van der Waals surface area contributed by atoms with Crippen molar-refractivity contribution in [3.8, 4) is 0 Å². The Hall–Kier alpha value is -0.820. The highest BCUT2D eigenvalue weighted by Crippen LogP contribution is 2.32. The van der Waals surface area contributed by atoms with Gasteiger partial charge in [0.2, 0.25) is 11.0 Å². The number of hydrogen-bond acceptors (Lipinski definition) is 6. The topological polar surface area (TPSA) is 49.3 Å². The SMILES string of the molecule is CC(C)(C)c1nnc(N2CCC(CC(=O)N3CCSCC3)CC2)s1. The molecule has 0 N–H and O–H groups in total. The lowest BCUT2D eigenvalue weighted by molar-refractivity contribution is -0.132. The zero-order valence-corrected chi connectivity index (χ0v) is 16.6. The molecule has 0 aliphatic carbocycles. The van der Waals surface area contributed by atoms with Crippen molar-refractivity contribution in [1.29, 1.82) is 0 Å². The molecule has 0 atom stereocenters. The Kier molecular flexibility index (Phi) is 5.70. The van der Waals surface area contributed by atoms with Crippen LogP contribution in [-0.2, 0) is 10.2 Å². The van der Waals surface area contributed by atoms with Gasteiger partial charge in [-0.2, -0.15) is 11.8 Å². The van der Waals surface area contributed by atoms with Crippen LogP contribution in [0.25, 0.3) is 0 Å². The smallest absolute Gasteiger partial charge is 0.222 e. The molecule has 0 saturated carbocycles. The number of rotatable bonds is 3. The Morgan fingerprint density at radius 1 is 1.12 bits per heavy atom. The Labute approximate surface area is 153 Å². The lowest BCUT2D eigenvalue weighted by atomic mass is 9.93. The number of piperidine rings is 1. The third kappa shape index (κ3) is 4.42. The van der Waals surface area contributed by atoms with Crippen LogP contribution >= 0.6 is 23.1 Å². The van der Waals surface area contributed by atoms with Gasteiger partial charge in [0.1, 0.15) is 5.01 Å². The van der Waals surface area contributed by atoms with Gasteiger partial charge >= 0.3 is 0 Å². The normalized spacial score (nSPS) is 20.5. The zero-order valence-electron chi connectivity index (χ0n) is 15.0. The number of carbonyl (C=O) groups excluding carboxylic acids is 1. The average molecular weight is 369 g/mol. The summed E-state index contributed by atoms with van der Waals surface area (Å²) in [6.45, 7) is 10.4. The summed E-state index contributed by atoms with van der Waals surface area (Å²) in [5.41, 5.74) is 0.0629. The fraction of sp³-hybridized carbons (Fsp3) is 0.824. The lowest BCUT2D eigenvalue weighted by Crippen LogP contribution is -2.40. The third-order valence-electron chi connectivity index (χ3n) is 4.77. The number of aromatic nitrogens is 2. The highest BCUT2D eigenvalue weighted by atomic mass is 32.2. The van der Waals surface area contributed by atoms with Crippen molar-refractivity contribution < 1.29 is 4.79 Å². The fourth-order valence-corrected chi connectivity index (χ4v) is 5.02. The van der Waals surface area contributed by atoms with E-state index < -0.39 is 0 Å². The summed E-state index contributed by atoms with van der Waals surface area (Å²) in [7, 11) is 0. The van der Waals surface area contributed by atoms with E-state index in [4.69, 9.17) is 0 Å². The minimum atomic E-state index is 0.0629. The second kappa shape index (κ2) is 7.60. The summed E-state index contributed by atoms with van der Waals surface area (Å²) >= 11 is 3.66. The number of hydrogen-bond donors (Lipinski definition) is 0. The predicted molar refractivity (Wildman–Crippen MR) is 102 cm³/mol. The first-order valence-electron chi connectivity index (χ1n) is 8.88. The van der Waals surface area contributed by atoms with Crippen LogP contribution in [0.2, 0.25) is 0 Å². The molecule has 1 aromatic rings. The molecule has 2 saturated heterocycles. The van der Waals surface area contributed by atoms with E-state index in [1.54, 1.807) is 11.3 Å². The Morgan fingerprint density at radius 2 is 1.79 bits per heavy atom. The van der Waals surface area contributed by atoms with Gasteiger partial charge in [-0.05, 0) is 18.8 Å². The number of thioether (sulfide) groups is 1.